The SMILES string of the molecule is Cc1cc(C)cc(NC(=O)CSc2nc3ccccc3c(=O)n2-c2ccccc2C)c1. The lowest BCUT2D eigenvalue weighted by molar-refractivity contribution is -0.113. The molecule has 0 radical (unpaired) electrons. The molecule has 0 saturated heterocycles. The van der Waals surface area contributed by atoms with Gasteiger partial charge in [0.15, 0.2) is 5.16 Å². The number of nitrogens with one attached hydrogen (secondary N) is 1. The highest BCUT2D eigenvalue weighted by atomic mass is 32.2. The molecule has 156 valence electrons. The van der Waals surface area contributed by atoms with E-state index in [1.165, 1.54) is 11.8 Å². The molecule has 5 nitrogen and oxygen atoms in total. The zero-order chi connectivity index (χ0) is 22.0. The maximum Gasteiger partial charge on any atom is 0.266 e. The summed E-state index contributed by atoms with van der Waals surface area (Å²) in [6.07, 6.45) is 0. The number of benzene rings is 3. The summed E-state index contributed by atoms with van der Waals surface area (Å²) in [4.78, 5) is 30.7. The number of amides is 1. The zero-order valence-electron chi connectivity index (χ0n) is 17.7. The van der Waals surface area contributed by atoms with Crippen LogP contribution in [0.2, 0.25) is 0 Å². The highest BCUT2D eigenvalue weighted by Crippen LogP contribution is 2.23. The molecule has 3 aromatic carbocycles. The van der Waals surface area contributed by atoms with Gasteiger partial charge >= 0.3 is 0 Å². The van der Waals surface area contributed by atoms with Crippen LogP contribution in [0.5, 0.6) is 0 Å². The number of hydrogen-bond donors (Lipinski definition) is 1. The van der Waals surface area contributed by atoms with Crippen molar-refractivity contribution in [2.45, 2.75) is 25.9 Å². The Bertz CT molecular complexity index is 1320. The van der Waals surface area contributed by atoms with Crippen LogP contribution in [0, 0.1) is 20.8 Å². The molecule has 0 saturated carbocycles. The molecule has 1 N–H and O–H groups in total. The Kier molecular flexibility index (Phi) is 5.91. The van der Waals surface area contributed by atoms with Gasteiger partial charge in [-0.3, -0.25) is 14.2 Å². The molecule has 0 fully saturated rings. The Morgan fingerprint density at radius 2 is 1.65 bits per heavy atom. The van der Waals surface area contributed by atoms with Crippen molar-refractivity contribution in [1.82, 2.24) is 9.55 Å². The van der Waals surface area contributed by atoms with Crippen LogP contribution in [0.4, 0.5) is 5.69 Å². The molecule has 0 atom stereocenters. The Labute approximate surface area is 185 Å². The van der Waals surface area contributed by atoms with Gasteiger partial charge in [0.25, 0.3) is 5.56 Å². The molecular formula is C25H23N3O2S. The van der Waals surface area contributed by atoms with Gasteiger partial charge < -0.3 is 5.32 Å². The Hall–Kier alpha value is -3.38. The van der Waals surface area contributed by atoms with Crippen molar-refractivity contribution < 1.29 is 4.79 Å². The third-order valence-electron chi connectivity index (χ3n) is 4.94. The van der Waals surface area contributed by atoms with Crippen LogP contribution in [0.25, 0.3) is 16.6 Å². The highest BCUT2D eigenvalue weighted by Gasteiger charge is 2.16. The van der Waals surface area contributed by atoms with Crippen LogP contribution in [-0.2, 0) is 4.79 Å². The number of thioether (sulfide) groups is 1. The number of nitrogens with zero attached hydrogens (tertiary/aromatic N) is 2. The van der Waals surface area contributed by atoms with Crippen LogP contribution < -0.4 is 10.9 Å². The molecule has 4 rings (SSSR count). The fourth-order valence-corrected chi connectivity index (χ4v) is 4.42. The number of aromatic nitrogens is 2. The van der Waals surface area contributed by atoms with E-state index in [9.17, 15) is 9.59 Å². The molecule has 0 spiro atoms. The second-order valence-electron chi connectivity index (χ2n) is 7.55. The van der Waals surface area contributed by atoms with Crippen molar-refractivity contribution in [1.29, 1.82) is 0 Å². The van der Waals surface area contributed by atoms with Crippen molar-refractivity contribution in [3.63, 3.8) is 0 Å². The van der Waals surface area contributed by atoms with Gasteiger partial charge in [0.2, 0.25) is 5.91 Å². The first kappa shape index (κ1) is 20.9. The molecule has 1 amide bonds. The lowest BCUT2D eigenvalue weighted by Gasteiger charge is -2.15. The van der Waals surface area contributed by atoms with Crippen molar-refractivity contribution >= 4 is 34.3 Å². The molecule has 31 heavy (non-hydrogen) atoms. The van der Waals surface area contributed by atoms with Crippen molar-refractivity contribution in [3.05, 3.63) is 93.8 Å². The normalized spacial score (nSPS) is 10.9. The standard InChI is InChI=1S/C25H23N3O2S/c1-16-12-17(2)14-19(13-16)26-23(29)15-31-25-27-21-10-6-5-9-20(21)24(30)28(25)22-11-7-4-8-18(22)3/h4-14H,15H2,1-3H3,(H,26,29). The quantitative estimate of drug-likeness (QED) is 0.356. The summed E-state index contributed by atoms with van der Waals surface area (Å²) >= 11 is 1.26. The van der Waals surface area contributed by atoms with Gasteiger partial charge in [-0.25, -0.2) is 4.98 Å². The lowest BCUT2D eigenvalue weighted by Crippen LogP contribution is -2.23. The van der Waals surface area contributed by atoms with E-state index in [0.29, 0.717) is 16.1 Å². The Morgan fingerprint density at radius 1 is 0.968 bits per heavy atom. The molecule has 0 aliphatic carbocycles. The van der Waals surface area contributed by atoms with Gasteiger partial charge in [-0.2, -0.15) is 0 Å². The minimum atomic E-state index is -0.145. The second-order valence-corrected chi connectivity index (χ2v) is 8.49. The average Bonchev–Trinajstić information content (AvgIpc) is 2.72. The summed E-state index contributed by atoms with van der Waals surface area (Å²) in [6, 6.07) is 20.9. The average molecular weight is 430 g/mol. The summed E-state index contributed by atoms with van der Waals surface area (Å²) in [7, 11) is 0. The minimum Gasteiger partial charge on any atom is -0.325 e. The van der Waals surface area contributed by atoms with Crippen LogP contribution in [-0.4, -0.2) is 21.2 Å². The van der Waals surface area contributed by atoms with E-state index in [1.807, 2.05) is 75.4 Å². The Morgan fingerprint density at radius 3 is 2.39 bits per heavy atom. The minimum absolute atomic E-state index is 0.142. The smallest absolute Gasteiger partial charge is 0.266 e. The van der Waals surface area contributed by atoms with E-state index < -0.39 is 0 Å². The third kappa shape index (κ3) is 4.54. The van der Waals surface area contributed by atoms with Crippen molar-refractivity contribution in [2.75, 3.05) is 11.1 Å². The second kappa shape index (κ2) is 8.78. The first-order chi connectivity index (χ1) is 14.9. The third-order valence-corrected chi connectivity index (χ3v) is 5.88. The van der Waals surface area contributed by atoms with E-state index in [0.717, 1.165) is 28.1 Å². The van der Waals surface area contributed by atoms with E-state index in [1.54, 1.807) is 10.6 Å². The number of rotatable bonds is 5. The predicted molar refractivity (Wildman–Crippen MR) is 127 cm³/mol. The van der Waals surface area contributed by atoms with E-state index in [2.05, 4.69) is 11.4 Å². The van der Waals surface area contributed by atoms with Crippen LogP contribution in [0.15, 0.2) is 76.7 Å². The molecule has 1 heterocycles. The number of hydrogen-bond acceptors (Lipinski definition) is 4. The predicted octanol–water partition coefficient (Wildman–Crippen LogP) is 5.04. The van der Waals surface area contributed by atoms with Crippen LogP contribution >= 0.6 is 11.8 Å². The largest absolute Gasteiger partial charge is 0.325 e. The number of carbonyl (C=O) groups excluding carboxylic acids is 1. The highest BCUT2D eigenvalue weighted by molar-refractivity contribution is 7.99. The first-order valence-corrected chi connectivity index (χ1v) is 11.0. The van der Waals surface area contributed by atoms with Gasteiger partial charge in [-0.15, -0.1) is 0 Å². The van der Waals surface area contributed by atoms with E-state index in [-0.39, 0.29) is 17.2 Å². The summed E-state index contributed by atoms with van der Waals surface area (Å²) in [5.41, 5.74) is 5.16. The maximum absolute atomic E-state index is 13.3. The number of anilines is 1. The summed E-state index contributed by atoms with van der Waals surface area (Å²) in [6.45, 7) is 5.95. The van der Waals surface area contributed by atoms with Crippen LogP contribution in [0.3, 0.4) is 0 Å². The summed E-state index contributed by atoms with van der Waals surface area (Å²) < 4.78 is 1.60. The molecule has 6 heteroatoms. The fourth-order valence-electron chi connectivity index (χ4n) is 3.61. The van der Waals surface area contributed by atoms with E-state index in [4.69, 9.17) is 4.98 Å². The van der Waals surface area contributed by atoms with Gasteiger partial charge in [0, 0.05) is 5.69 Å². The molecule has 1 aromatic heterocycles. The number of para-hydroxylation sites is 2. The monoisotopic (exact) mass is 429 g/mol. The summed E-state index contributed by atoms with van der Waals surface area (Å²) in [5.74, 6) is -0.00217. The van der Waals surface area contributed by atoms with Crippen molar-refractivity contribution in [3.8, 4) is 5.69 Å². The maximum atomic E-state index is 13.3. The van der Waals surface area contributed by atoms with Gasteiger partial charge in [-0.1, -0.05) is 48.2 Å². The number of aryl methyl sites for hydroxylation is 3. The first-order valence-electron chi connectivity index (χ1n) is 10.0. The molecular weight excluding hydrogens is 406 g/mol. The molecule has 0 bridgehead atoms. The number of carbonyl (C=O) groups is 1. The zero-order valence-corrected chi connectivity index (χ0v) is 18.5. The molecule has 0 unspecified atom stereocenters. The van der Waals surface area contributed by atoms with Gasteiger partial charge in [-0.05, 0) is 67.8 Å². The van der Waals surface area contributed by atoms with E-state index >= 15 is 0 Å². The lowest BCUT2D eigenvalue weighted by atomic mass is 10.1. The van der Waals surface area contributed by atoms with Crippen LogP contribution in [0.1, 0.15) is 16.7 Å². The molecule has 4 aromatic rings. The topological polar surface area (TPSA) is 64.0 Å². The Balaban J connectivity index is 1.68. The van der Waals surface area contributed by atoms with Gasteiger partial charge in [0.05, 0.1) is 22.3 Å². The van der Waals surface area contributed by atoms with Gasteiger partial charge in [0.1, 0.15) is 0 Å². The summed E-state index contributed by atoms with van der Waals surface area (Å²) in [5, 5.41) is 3.99. The fraction of sp³-hybridized carbons (Fsp3) is 0.160. The molecule has 0 aliphatic rings. The number of fused-ring (bicyclic) bond motifs is 1. The van der Waals surface area contributed by atoms with Crippen molar-refractivity contribution in [2.24, 2.45) is 0 Å². The molecule has 0 aliphatic heterocycles.